The van der Waals surface area contributed by atoms with E-state index in [0.29, 0.717) is 28.7 Å². The van der Waals surface area contributed by atoms with Gasteiger partial charge in [0, 0.05) is 11.6 Å². The van der Waals surface area contributed by atoms with Crippen LogP contribution in [0.3, 0.4) is 0 Å². The molecule has 1 aromatic carbocycles. The molecule has 0 spiro atoms. The standard InChI is InChI=1S/C16H20Cl2N2O2/c1-2-3-4-7-19-15(21)11-9-12(11)16(22)20-14-8-10(17)5-6-13(14)18/h5-6,8,11-12H,2-4,7,9H2,1H3,(H,19,21)(H,20,22). The van der Waals surface area contributed by atoms with Crippen LogP contribution in [-0.4, -0.2) is 18.4 Å². The zero-order valence-corrected chi connectivity index (χ0v) is 14.0. The molecule has 0 aliphatic heterocycles. The molecule has 1 fully saturated rings. The summed E-state index contributed by atoms with van der Waals surface area (Å²) in [7, 11) is 0. The second-order valence-electron chi connectivity index (χ2n) is 5.56. The molecule has 0 aromatic heterocycles. The van der Waals surface area contributed by atoms with Gasteiger partial charge >= 0.3 is 0 Å². The van der Waals surface area contributed by atoms with Crippen molar-refractivity contribution in [3.63, 3.8) is 0 Å². The number of unbranched alkanes of at least 4 members (excludes halogenated alkanes) is 2. The molecule has 1 aromatic rings. The summed E-state index contributed by atoms with van der Waals surface area (Å²) >= 11 is 11.9. The average molecular weight is 343 g/mol. The maximum atomic E-state index is 12.1. The van der Waals surface area contributed by atoms with Crippen LogP contribution in [0.5, 0.6) is 0 Å². The fourth-order valence-electron chi connectivity index (χ4n) is 2.31. The molecule has 1 aliphatic carbocycles. The van der Waals surface area contributed by atoms with Gasteiger partial charge in [0.05, 0.1) is 22.5 Å². The van der Waals surface area contributed by atoms with Crippen LogP contribution in [0.2, 0.25) is 10.0 Å². The van der Waals surface area contributed by atoms with Crippen molar-refractivity contribution in [2.75, 3.05) is 11.9 Å². The Hall–Kier alpha value is -1.26. The summed E-state index contributed by atoms with van der Waals surface area (Å²) < 4.78 is 0. The van der Waals surface area contributed by atoms with E-state index in [1.165, 1.54) is 0 Å². The average Bonchev–Trinajstić information content (AvgIpc) is 3.28. The van der Waals surface area contributed by atoms with Crippen molar-refractivity contribution >= 4 is 40.7 Å². The zero-order valence-electron chi connectivity index (χ0n) is 12.5. The predicted molar refractivity (Wildman–Crippen MR) is 89.2 cm³/mol. The number of carbonyl (C=O) groups excluding carboxylic acids is 2. The number of hydrogen-bond acceptors (Lipinski definition) is 2. The summed E-state index contributed by atoms with van der Waals surface area (Å²) in [6.07, 6.45) is 3.78. The molecular formula is C16H20Cl2N2O2. The monoisotopic (exact) mass is 342 g/mol. The molecule has 0 radical (unpaired) electrons. The highest BCUT2D eigenvalue weighted by Gasteiger charge is 2.47. The third-order valence-corrected chi connectivity index (χ3v) is 4.29. The lowest BCUT2D eigenvalue weighted by Crippen LogP contribution is -2.28. The quantitative estimate of drug-likeness (QED) is 0.739. The van der Waals surface area contributed by atoms with Gasteiger partial charge in [0.25, 0.3) is 0 Å². The Bertz CT molecular complexity index is 563. The van der Waals surface area contributed by atoms with Crippen LogP contribution in [0.15, 0.2) is 18.2 Å². The number of nitrogens with one attached hydrogen (secondary N) is 2. The SMILES string of the molecule is CCCCCNC(=O)C1CC1C(=O)Nc1cc(Cl)ccc1Cl. The van der Waals surface area contributed by atoms with Crippen LogP contribution < -0.4 is 10.6 Å². The topological polar surface area (TPSA) is 58.2 Å². The van der Waals surface area contributed by atoms with Crippen LogP contribution in [-0.2, 0) is 9.59 Å². The van der Waals surface area contributed by atoms with Crippen molar-refractivity contribution in [1.82, 2.24) is 5.32 Å². The Labute approximate surface area is 140 Å². The molecule has 22 heavy (non-hydrogen) atoms. The summed E-state index contributed by atoms with van der Waals surface area (Å²) in [5.74, 6) is -0.716. The van der Waals surface area contributed by atoms with Crippen molar-refractivity contribution < 1.29 is 9.59 Å². The molecule has 1 saturated carbocycles. The summed E-state index contributed by atoms with van der Waals surface area (Å²) in [5.41, 5.74) is 0.480. The van der Waals surface area contributed by atoms with Gasteiger partial charge in [0.15, 0.2) is 0 Å². The predicted octanol–water partition coefficient (Wildman–Crippen LogP) is 3.87. The van der Waals surface area contributed by atoms with Crippen molar-refractivity contribution in [2.45, 2.75) is 32.6 Å². The van der Waals surface area contributed by atoms with Crippen LogP contribution in [0, 0.1) is 11.8 Å². The van der Waals surface area contributed by atoms with Gasteiger partial charge in [-0.25, -0.2) is 0 Å². The van der Waals surface area contributed by atoms with Gasteiger partial charge in [-0.1, -0.05) is 43.0 Å². The van der Waals surface area contributed by atoms with E-state index in [9.17, 15) is 9.59 Å². The van der Waals surface area contributed by atoms with Gasteiger partial charge < -0.3 is 10.6 Å². The lowest BCUT2D eigenvalue weighted by molar-refractivity contribution is -0.125. The molecule has 2 amide bonds. The van der Waals surface area contributed by atoms with E-state index in [1.54, 1.807) is 18.2 Å². The normalized spacial score (nSPS) is 19.6. The number of benzene rings is 1. The zero-order chi connectivity index (χ0) is 16.1. The Morgan fingerprint density at radius 3 is 2.64 bits per heavy atom. The maximum absolute atomic E-state index is 12.1. The van der Waals surface area contributed by atoms with Crippen molar-refractivity contribution in [2.24, 2.45) is 11.8 Å². The number of amides is 2. The highest BCUT2D eigenvalue weighted by molar-refractivity contribution is 6.35. The van der Waals surface area contributed by atoms with E-state index in [2.05, 4.69) is 17.6 Å². The molecule has 1 aliphatic rings. The Morgan fingerprint density at radius 1 is 1.18 bits per heavy atom. The fraction of sp³-hybridized carbons (Fsp3) is 0.500. The molecule has 4 nitrogen and oxygen atoms in total. The first-order valence-corrected chi connectivity index (χ1v) is 8.32. The molecule has 120 valence electrons. The van der Waals surface area contributed by atoms with Gasteiger partial charge in [-0.05, 0) is 31.0 Å². The van der Waals surface area contributed by atoms with E-state index < -0.39 is 0 Å². The van der Waals surface area contributed by atoms with Gasteiger partial charge in [0.2, 0.25) is 11.8 Å². The van der Waals surface area contributed by atoms with Crippen molar-refractivity contribution in [1.29, 1.82) is 0 Å². The summed E-state index contributed by atoms with van der Waals surface area (Å²) in [6.45, 7) is 2.79. The van der Waals surface area contributed by atoms with Gasteiger partial charge in [-0.3, -0.25) is 9.59 Å². The highest BCUT2D eigenvalue weighted by atomic mass is 35.5. The first-order chi connectivity index (χ1) is 10.5. The van der Waals surface area contributed by atoms with Gasteiger partial charge in [0.1, 0.15) is 0 Å². The molecule has 6 heteroatoms. The minimum absolute atomic E-state index is 0.0338. The number of halogens is 2. The molecule has 0 saturated heterocycles. The van der Waals surface area contributed by atoms with E-state index in [4.69, 9.17) is 23.2 Å². The smallest absolute Gasteiger partial charge is 0.228 e. The number of anilines is 1. The second-order valence-corrected chi connectivity index (χ2v) is 6.40. The third-order valence-electron chi connectivity index (χ3n) is 3.73. The minimum atomic E-state index is -0.277. The number of hydrogen-bond donors (Lipinski definition) is 2. The van der Waals surface area contributed by atoms with E-state index in [-0.39, 0.29) is 23.7 Å². The highest BCUT2D eigenvalue weighted by Crippen LogP contribution is 2.40. The first-order valence-electron chi connectivity index (χ1n) is 7.56. The van der Waals surface area contributed by atoms with E-state index in [1.807, 2.05) is 0 Å². The van der Waals surface area contributed by atoms with E-state index >= 15 is 0 Å². The molecule has 2 N–H and O–H groups in total. The molecular weight excluding hydrogens is 323 g/mol. The Balaban J connectivity index is 1.80. The minimum Gasteiger partial charge on any atom is -0.356 e. The Kier molecular flexibility index (Phi) is 6.09. The molecule has 2 unspecified atom stereocenters. The Morgan fingerprint density at radius 2 is 1.91 bits per heavy atom. The largest absolute Gasteiger partial charge is 0.356 e. The lowest BCUT2D eigenvalue weighted by Gasteiger charge is -2.08. The summed E-state index contributed by atoms with van der Waals surface area (Å²) in [4.78, 5) is 24.1. The van der Waals surface area contributed by atoms with Crippen molar-refractivity contribution in [3.8, 4) is 0 Å². The van der Waals surface area contributed by atoms with Crippen LogP contribution >= 0.6 is 23.2 Å². The second kappa shape index (κ2) is 7.84. The first kappa shape index (κ1) is 17.1. The van der Waals surface area contributed by atoms with Crippen LogP contribution in [0.1, 0.15) is 32.6 Å². The summed E-state index contributed by atoms with van der Waals surface area (Å²) in [6, 6.07) is 4.89. The van der Waals surface area contributed by atoms with Gasteiger partial charge in [-0.15, -0.1) is 0 Å². The fourth-order valence-corrected chi connectivity index (χ4v) is 2.65. The summed E-state index contributed by atoms with van der Waals surface area (Å²) in [5, 5.41) is 6.55. The third kappa shape index (κ3) is 4.62. The van der Waals surface area contributed by atoms with E-state index in [0.717, 1.165) is 19.3 Å². The van der Waals surface area contributed by atoms with Gasteiger partial charge in [-0.2, -0.15) is 0 Å². The van der Waals surface area contributed by atoms with Crippen molar-refractivity contribution in [3.05, 3.63) is 28.2 Å². The molecule has 2 rings (SSSR count). The molecule has 0 bridgehead atoms. The van der Waals surface area contributed by atoms with Crippen LogP contribution in [0.4, 0.5) is 5.69 Å². The number of carbonyl (C=O) groups is 2. The number of rotatable bonds is 7. The maximum Gasteiger partial charge on any atom is 0.228 e. The molecule has 0 heterocycles. The molecule has 2 atom stereocenters. The van der Waals surface area contributed by atoms with Crippen LogP contribution in [0.25, 0.3) is 0 Å². The lowest BCUT2D eigenvalue weighted by atomic mass is 10.2.